The second-order valence-corrected chi connectivity index (χ2v) is 1.60. The molecule has 0 aromatic heterocycles. The normalized spacial score (nSPS) is 13.3. The molecule has 46 valence electrons. The van der Waals surface area contributed by atoms with E-state index < -0.39 is 0 Å². The van der Waals surface area contributed by atoms with Crippen molar-refractivity contribution in [2.45, 2.75) is 13.2 Å². The Hall–Kier alpha value is -0.120. The average molecular weight is 107 g/mol. The van der Waals surface area contributed by atoms with Crippen LogP contribution in [0, 0.1) is 0 Å². The van der Waals surface area contributed by atoms with Gasteiger partial charge in [0.25, 0.3) is 0 Å². The van der Waals surface area contributed by atoms with Crippen LogP contribution in [0.1, 0.15) is 6.92 Å². The molecule has 0 aliphatic carbocycles. The first kappa shape index (κ1) is 9.99. The molecule has 0 aliphatic rings. The standard InChI is InChI=1S/C4H11NO.H2O/c1-4(6)5(2)3;/h4,6H,1-3H3;1H2. The zero-order chi connectivity index (χ0) is 5.15. The van der Waals surface area contributed by atoms with E-state index in [1.165, 1.54) is 0 Å². The van der Waals surface area contributed by atoms with Gasteiger partial charge in [0, 0.05) is 0 Å². The van der Waals surface area contributed by atoms with Crippen LogP contribution < -0.4 is 0 Å². The smallest absolute Gasteiger partial charge is 0.104 e. The Balaban J connectivity index is 0. The molecule has 0 fully saturated rings. The monoisotopic (exact) mass is 107 g/mol. The van der Waals surface area contributed by atoms with Crippen molar-refractivity contribution in [3.05, 3.63) is 0 Å². The first-order chi connectivity index (χ1) is 2.64. The average Bonchev–Trinajstić information content (AvgIpc) is 1.36. The summed E-state index contributed by atoms with van der Waals surface area (Å²) in [7, 11) is 3.65. The topological polar surface area (TPSA) is 55.0 Å². The van der Waals surface area contributed by atoms with E-state index in [-0.39, 0.29) is 11.7 Å². The number of hydrogen-bond acceptors (Lipinski definition) is 2. The van der Waals surface area contributed by atoms with Crippen molar-refractivity contribution in [3.8, 4) is 0 Å². The fourth-order valence-corrected chi connectivity index (χ4v) is 0. The van der Waals surface area contributed by atoms with E-state index >= 15 is 0 Å². The highest BCUT2D eigenvalue weighted by molar-refractivity contribution is 4.35. The van der Waals surface area contributed by atoms with E-state index in [9.17, 15) is 0 Å². The van der Waals surface area contributed by atoms with E-state index in [1.807, 2.05) is 14.1 Å². The minimum absolute atomic E-state index is 0. The third-order valence-corrected chi connectivity index (χ3v) is 0.747. The van der Waals surface area contributed by atoms with Crippen LogP contribution in [-0.4, -0.2) is 35.8 Å². The van der Waals surface area contributed by atoms with Crippen LogP contribution in [0.15, 0.2) is 0 Å². The van der Waals surface area contributed by atoms with E-state index in [2.05, 4.69) is 0 Å². The lowest BCUT2D eigenvalue weighted by Gasteiger charge is -2.11. The van der Waals surface area contributed by atoms with Crippen molar-refractivity contribution < 1.29 is 10.6 Å². The quantitative estimate of drug-likeness (QED) is 0.440. The summed E-state index contributed by atoms with van der Waals surface area (Å²) in [4.78, 5) is 1.72. The van der Waals surface area contributed by atoms with Crippen LogP contribution in [-0.2, 0) is 0 Å². The molecule has 1 unspecified atom stereocenters. The minimum Gasteiger partial charge on any atom is -0.412 e. The van der Waals surface area contributed by atoms with Gasteiger partial charge in [-0.15, -0.1) is 0 Å². The van der Waals surface area contributed by atoms with Crippen LogP contribution >= 0.6 is 0 Å². The van der Waals surface area contributed by atoms with Gasteiger partial charge in [-0.3, -0.25) is 4.90 Å². The third kappa shape index (κ3) is 5.88. The van der Waals surface area contributed by atoms with E-state index in [1.54, 1.807) is 11.8 Å². The molecule has 0 aromatic carbocycles. The molecule has 1 atom stereocenters. The molecule has 3 heteroatoms. The predicted octanol–water partition coefficient (Wildman–Crippen LogP) is -0.938. The van der Waals surface area contributed by atoms with Gasteiger partial charge in [-0.05, 0) is 21.0 Å². The Bertz CT molecular complexity index is 30.7. The zero-order valence-corrected chi connectivity index (χ0v) is 4.97. The number of aliphatic hydroxyl groups is 1. The Morgan fingerprint density at radius 2 is 1.57 bits per heavy atom. The highest BCUT2D eigenvalue weighted by Gasteiger charge is 1.92. The zero-order valence-electron chi connectivity index (χ0n) is 4.97. The van der Waals surface area contributed by atoms with Gasteiger partial charge >= 0.3 is 0 Å². The van der Waals surface area contributed by atoms with Crippen LogP contribution in [0.2, 0.25) is 0 Å². The van der Waals surface area contributed by atoms with Crippen molar-refractivity contribution in [2.75, 3.05) is 14.1 Å². The highest BCUT2D eigenvalue weighted by Crippen LogP contribution is 1.79. The Kier molecular flexibility index (Phi) is 5.78. The highest BCUT2D eigenvalue weighted by atomic mass is 16.3. The lowest BCUT2D eigenvalue weighted by atomic mass is 10.6. The fourth-order valence-electron chi connectivity index (χ4n) is 0. The summed E-state index contributed by atoms with van der Waals surface area (Å²) in [6.07, 6.45) is -0.315. The molecule has 0 amide bonds. The first-order valence-electron chi connectivity index (χ1n) is 1.99. The summed E-state index contributed by atoms with van der Waals surface area (Å²) in [6, 6.07) is 0. The van der Waals surface area contributed by atoms with E-state index in [0.717, 1.165) is 0 Å². The second kappa shape index (κ2) is 4.05. The fraction of sp³-hybridized carbons (Fsp3) is 1.00. The molecule has 0 heterocycles. The molecular formula is C4H13NO2. The van der Waals surface area contributed by atoms with Crippen molar-refractivity contribution >= 4 is 0 Å². The maximum absolute atomic E-state index is 8.56. The third-order valence-electron chi connectivity index (χ3n) is 0.747. The molecule has 3 nitrogen and oxygen atoms in total. The summed E-state index contributed by atoms with van der Waals surface area (Å²) < 4.78 is 0. The Morgan fingerprint density at radius 3 is 1.57 bits per heavy atom. The van der Waals surface area contributed by atoms with Crippen LogP contribution in [0.25, 0.3) is 0 Å². The number of aliphatic hydroxyl groups excluding tert-OH is 1. The molecule has 0 radical (unpaired) electrons. The van der Waals surface area contributed by atoms with Gasteiger partial charge in [0.1, 0.15) is 6.23 Å². The predicted molar refractivity (Wildman–Crippen MR) is 29.0 cm³/mol. The Morgan fingerprint density at radius 1 is 1.43 bits per heavy atom. The molecule has 0 saturated carbocycles. The summed E-state index contributed by atoms with van der Waals surface area (Å²) in [6.45, 7) is 1.72. The molecule has 0 spiro atoms. The first-order valence-corrected chi connectivity index (χ1v) is 1.99. The maximum Gasteiger partial charge on any atom is 0.104 e. The van der Waals surface area contributed by atoms with Crippen molar-refractivity contribution in [1.82, 2.24) is 4.90 Å². The van der Waals surface area contributed by atoms with Gasteiger partial charge in [0.05, 0.1) is 0 Å². The lowest BCUT2D eigenvalue weighted by molar-refractivity contribution is 0.0578. The van der Waals surface area contributed by atoms with Crippen molar-refractivity contribution in [1.29, 1.82) is 0 Å². The van der Waals surface area contributed by atoms with E-state index in [0.29, 0.717) is 0 Å². The molecule has 3 N–H and O–H groups in total. The summed E-state index contributed by atoms with van der Waals surface area (Å²) in [5, 5.41) is 8.56. The van der Waals surface area contributed by atoms with Crippen molar-refractivity contribution in [3.63, 3.8) is 0 Å². The van der Waals surface area contributed by atoms with Crippen LogP contribution in [0.5, 0.6) is 0 Å². The molecule has 0 saturated heterocycles. The molecule has 0 bridgehead atoms. The van der Waals surface area contributed by atoms with Crippen LogP contribution in [0.4, 0.5) is 0 Å². The second-order valence-electron chi connectivity index (χ2n) is 1.60. The van der Waals surface area contributed by atoms with Gasteiger partial charge in [0.15, 0.2) is 0 Å². The lowest BCUT2D eigenvalue weighted by Crippen LogP contribution is -2.23. The molecule has 0 aliphatic heterocycles. The summed E-state index contributed by atoms with van der Waals surface area (Å²) in [5.74, 6) is 0. The SMILES string of the molecule is CC(O)N(C)C.O. The number of hydrogen-bond donors (Lipinski definition) is 1. The Labute approximate surface area is 43.9 Å². The minimum atomic E-state index is -0.315. The maximum atomic E-state index is 8.56. The van der Waals surface area contributed by atoms with Gasteiger partial charge in [-0.2, -0.15) is 0 Å². The summed E-state index contributed by atoms with van der Waals surface area (Å²) in [5.41, 5.74) is 0. The van der Waals surface area contributed by atoms with E-state index in [4.69, 9.17) is 5.11 Å². The van der Waals surface area contributed by atoms with Crippen molar-refractivity contribution in [2.24, 2.45) is 0 Å². The number of rotatable bonds is 1. The molecule has 0 rings (SSSR count). The van der Waals surface area contributed by atoms with Crippen LogP contribution in [0.3, 0.4) is 0 Å². The van der Waals surface area contributed by atoms with Gasteiger partial charge in [-0.25, -0.2) is 0 Å². The molecule has 0 aromatic rings. The molecule has 7 heavy (non-hydrogen) atoms. The van der Waals surface area contributed by atoms with Gasteiger partial charge in [0.2, 0.25) is 0 Å². The van der Waals surface area contributed by atoms with Gasteiger partial charge < -0.3 is 10.6 Å². The number of nitrogens with zero attached hydrogens (tertiary/aromatic N) is 1. The molecular weight excluding hydrogens is 94.0 g/mol. The van der Waals surface area contributed by atoms with Gasteiger partial charge in [-0.1, -0.05) is 0 Å². The largest absolute Gasteiger partial charge is 0.412 e. The summed E-state index contributed by atoms with van der Waals surface area (Å²) >= 11 is 0.